The van der Waals surface area contributed by atoms with Crippen LogP contribution >= 0.6 is 24.0 Å². The summed E-state index contributed by atoms with van der Waals surface area (Å²) in [6, 6.07) is 6.60. The third kappa shape index (κ3) is 6.55. The van der Waals surface area contributed by atoms with Crippen molar-refractivity contribution >= 4 is 29.9 Å². The van der Waals surface area contributed by atoms with E-state index in [1.165, 1.54) is 25.0 Å². The van der Waals surface area contributed by atoms with Crippen LogP contribution in [0.4, 0.5) is 4.39 Å². The molecule has 0 amide bonds. The molecule has 6 heteroatoms. The van der Waals surface area contributed by atoms with Gasteiger partial charge in [0.1, 0.15) is 5.82 Å². The molecule has 1 aromatic rings. The van der Waals surface area contributed by atoms with Crippen LogP contribution in [0.2, 0.25) is 0 Å². The molecule has 1 saturated carbocycles. The molecule has 2 rings (SSSR count). The van der Waals surface area contributed by atoms with Crippen molar-refractivity contribution in [3.63, 3.8) is 0 Å². The Labute approximate surface area is 161 Å². The zero-order valence-electron chi connectivity index (χ0n) is 14.8. The quantitative estimate of drug-likeness (QED) is 0.285. The molecule has 1 N–H and O–H groups in total. The van der Waals surface area contributed by atoms with Crippen molar-refractivity contribution in [1.82, 2.24) is 10.2 Å². The Hall–Kier alpha value is -0.890. The van der Waals surface area contributed by atoms with E-state index in [0.29, 0.717) is 12.0 Å². The largest absolute Gasteiger partial charge is 0.382 e. The van der Waals surface area contributed by atoms with E-state index in [4.69, 9.17) is 4.74 Å². The van der Waals surface area contributed by atoms with Crippen LogP contribution in [-0.2, 0) is 11.3 Å². The standard InChI is InChI=1S/C18H28FN3O.HI/c1-4-23-12-11-18(9-10-18)14-21-17(20-2)22(3)13-15-5-7-16(19)8-6-15;/h5-8H,4,9-14H2,1-3H3,(H,20,21);1H. The SMILES string of the molecule is CCOCCC1(CNC(=NC)N(C)Cc2ccc(F)cc2)CC1.I. The first-order chi connectivity index (χ1) is 11.1. The van der Waals surface area contributed by atoms with Crippen molar-refractivity contribution in [1.29, 1.82) is 0 Å². The van der Waals surface area contributed by atoms with Crippen LogP contribution in [0.25, 0.3) is 0 Å². The van der Waals surface area contributed by atoms with Gasteiger partial charge in [-0.15, -0.1) is 24.0 Å². The van der Waals surface area contributed by atoms with Gasteiger partial charge in [-0.25, -0.2) is 4.39 Å². The minimum atomic E-state index is -0.205. The number of ether oxygens (including phenoxy) is 1. The van der Waals surface area contributed by atoms with Crippen molar-refractivity contribution in [2.75, 3.05) is 33.9 Å². The van der Waals surface area contributed by atoms with Crippen molar-refractivity contribution in [2.24, 2.45) is 10.4 Å². The van der Waals surface area contributed by atoms with Crippen molar-refractivity contribution in [3.05, 3.63) is 35.6 Å². The van der Waals surface area contributed by atoms with E-state index < -0.39 is 0 Å². The van der Waals surface area contributed by atoms with Gasteiger partial charge in [0.05, 0.1) is 0 Å². The molecule has 1 aliphatic rings. The van der Waals surface area contributed by atoms with E-state index in [1.54, 1.807) is 7.05 Å². The van der Waals surface area contributed by atoms with Gasteiger partial charge < -0.3 is 15.0 Å². The lowest BCUT2D eigenvalue weighted by atomic mass is 10.0. The number of nitrogens with one attached hydrogen (secondary N) is 1. The lowest BCUT2D eigenvalue weighted by Crippen LogP contribution is -2.41. The fourth-order valence-electron chi connectivity index (χ4n) is 2.71. The molecule has 4 nitrogen and oxygen atoms in total. The summed E-state index contributed by atoms with van der Waals surface area (Å²) in [4.78, 5) is 6.42. The van der Waals surface area contributed by atoms with Crippen LogP contribution in [0.3, 0.4) is 0 Å². The van der Waals surface area contributed by atoms with E-state index >= 15 is 0 Å². The number of hydrogen-bond donors (Lipinski definition) is 1. The maximum absolute atomic E-state index is 13.0. The molecular formula is C18H29FIN3O. The molecule has 24 heavy (non-hydrogen) atoms. The zero-order valence-corrected chi connectivity index (χ0v) is 17.2. The number of guanidine groups is 1. The highest BCUT2D eigenvalue weighted by molar-refractivity contribution is 14.0. The van der Waals surface area contributed by atoms with Gasteiger partial charge in [0.2, 0.25) is 0 Å². The molecule has 0 aliphatic heterocycles. The predicted molar refractivity (Wildman–Crippen MR) is 107 cm³/mol. The van der Waals surface area contributed by atoms with E-state index in [2.05, 4.69) is 15.2 Å². The van der Waals surface area contributed by atoms with Gasteiger partial charge in [-0.1, -0.05) is 12.1 Å². The van der Waals surface area contributed by atoms with Gasteiger partial charge in [-0.2, -0.15) is 0 Å². The maximum atomic E-state index is 13.0. The molecule has 0 bridgehead atoms. The Morgan fingerprint density at radius 2 is 2.00 bits per heavy atom. The van der Waals surface area contributed by atoms with E-state index in [0.717, 1.165) is 37.7 Å². The first-order valence-electron chi connectivity index (χ1n) is 8.32. The molecule has 136 valence electrons. The minimum Gasteiger partial charge on any atom is -0.382 e. The van der Waals surface area contributed by atoms with Gasteiger partial charge >= 0.3 is 0 Å². The average molecular weight is 449 g/mol. The molecule has 0 radical (unpaired) electrons. The highest BCUT2D eigenvalue weighted by atomic mass is 127. The fourth-order valence-corrected chi connectivity index (χ4v) is 2.71. The second kappa shape index (κ2) is 10.2. The second-order valence-corrected chi connectivity index (χ2v) is 6.33. The van der Waals surface area contributed by atoms with Crippen molar-refractivity contribution < 1.29 is 9.13 Å². The Morgan fingerprint density at radius 3 is 2.54 bits per heavy atom. The Kier molecular flexibility index (Phi) is 8.97. The maximum Gasteiger partial charge on any atom is 0.193 e. The molecule has 0 spiro atoms. The van der Waals surface area contributed by atoms with Gasteiger partial charge in [0.25, 0.3) is 0 Å². The van der Waals surface area contributed by atoms with Crippen molar-refractivity contribution in [2.45, 2.75) is 32.7 Å². The highest BCUT2D eigenvalue weighted by Crippen LogP contribution is 2.48. The molecular weight excluding hydrogens is 420 g/mol. The fraction of sp³-hybridized carbons (Fsp3) is 0.611. The first-order valence-corrected chi connectivity index (χ1v) is 8.32. The molecule has 0 heterocycles. The normalized spacial score (nSPS) is 15.6. The number of hydrogen-bond acceptors (Lipinski definition) is 2. The molecule has 0 atom stereocenters. The van der Waals surface area contributed by atoms with E-state index in [-0.39, 0.29) is 29.8 Å². The van der Waals surface area contributed by atoms with Crippen LogP contribution in [0.5, 0.6) is 0 Å². The van der Waals surface area contributed by atoms with Crippen LogP contribution in [0.15, 0.2) is 29.3 Å². The lowest BCUT2D eigenvalue weighted by Gasteiger charge is -2.24. The summed E-state index contributed by atoms with van der Waals surface area (Å²) in [5.41, 5.74) is 1.44. The molecule has 1 aromatic carbocycles. The first kappa shape index (κ1) is 21.2. The van der Waals surface area contributed by atoms with Crippen LogP contribution in [0, 0.1) is 11.2 Å². The zero-order chi connectivity index (χ0) is 16.7. The van der Waals surface area contributed by atoms with E-state index in [9.17, 15) is 4.39 Å². The van der Waals surface area contributed by atoms with Gasteiger partial charge in [0, 0.05) is 40.4 Å². The summed E-state index contributed by atoms with van der Waals surface area (Å²) >= 11 is 0. The van der Waals surface area contributed by atoms with Crippen LogP contribution < -0.4 is 5.32 Å². The summed E-state index contributed by atoms with van der Waals surface area (Å²) in [7, 11) is 3.79. The van der Waals surface area contributed by atoms with Gasteiger partial charge in [-0.3, -0.25) is 4.99 Å². The summed E-state index contributed by atoms with van der Waals surface area (Å²) in [6.45, 7) is 5.28. The Morgan fingerprint density at radius 1 is 1.33 bits per heavy atom. The minimum absolute atomic E-state index is 0. The molecule has 1 fully saturated rings. The smallest absolute Gasteiger partial charge is 0.193 e. The molecule has 0 saturated heterocycles. The summed E-state index contributed by atoms with van der Waals surface area (Å²) in [5, 5.41) is 3.48. The third-order valence-corrected chi connectivity index (χ3v) is 4.47. The van der Waals surface area contributed by atoms with Gasteiger partial charge in [-0.05, 0) is 49.3 Å². The second-order valence-electron chi connectivity index (χ2n) is 6.33. The molecule has 0 unspecified atom stereocenters. The number of rotatable bonds is 8. The third-order valence-electron chi connectivity index (χ3n) is 4.47. The summed E-state index contributed by atoms with van der Waals surface area (Å²) in [6.07, 6.45) is 3.62. The predicted octanol–water partition coefficient (Wildman–Crippen LogP) is 3.66. The molecule has 0 aromatic heterocycles. The number of nitrogens with zero attached hydrogens (tertiary/aromatic N) is 2. The average Bonchev–Trinajstić information content (AvgIpc) is 3.31. The lowest BCUT2D eigenvalue weighted by molar-refractivity contribution is 0.128. The van der Waals surface area contributed by atoms with Crippen LogP contribution in [-0.4, -0.2) is 44.7 Å². The van der Waals surface area contributed by atoms with E-state index in [1.807, 2.05) is 26.1 Å². The van der Waals surface area contributed by atoms with Crippen molar-refractivity contribution in [3.8, 4) is 0 Å². The topological polar surface area (TPSA) is 36.9 Å². The number of benzene rings is 1. The summed E-state index contributed by atoms with van der Waals surface area (Å²) in [5.74, 6) is 0.667. The summed E-state index contributed by atoms with van der Waals surface area (Å²) < 4.78 is 18.5. The number of aliphatic imine (C=N–C) groups is 1. The highest BCUT2D eigenvalue weighted by Gasteiger charge is 2.42. The van der Waals surface area contributed by atoms with Gasteiger partial charge in [0.15, 0.2) is 5.96 Å². The number of halogens is 2. The molecule has 1 aliphatic carbocycles. The van der Waals surface area contributed by atoms with Crippen LogP contribution in [0.1, 0.15) is 31.7 Å². The Bertz CT molecular complexity index is 518. The Balaban J connectivity index is 0.00000288. The monoisotopic (exact) mass is 449 g/mol.